The second-order valence-electron chi connectivity index (χ2n) is 23.2. The third kappa shape index (κ3) is 8.05. The van der Waals surface area contributed by atoms with E-state index in [1.807, 2.05) is 0 Å². The van der Waals surface area contributed by atoms with Crippen LogP contribution in [0.1, 0.15) is 47.2 Å². The molecule has 0 saturated carbocycles. The van der Waals surface area contributed by atoms with Crippen molar-refractivity contribution in [3.05, 3.63) is 355 Å². The van der Waals surface area contributed by atoms with Crippen molar-refractivity contribution >= 4 is 73.1 Å². The van der Waals surface area contributed by atoms with Gasteiger partial charge in [0.1, 0.15) is 5.58 Å². The highest BCUT2D eigenvalue weighted by Crippen LogP contribution is 2.58. The van der Waals surface area contributed by atoms with E-state index in [1.54, 1.807) is 0 Å². The van der Waals surface area contributed by atoms with Gasteiger partial charge in [-0.15, -0.1) is 0 Å². The summed E-state index contributed by atoms with van der Waals surface area (Å²) in [5, 5.41) is 2.16. The van der Waals surface area contributed by atoms with Crippen molar-refractivity contribution in [1.29, 1.82) is 0 Å². The second kappa shape index (κ2) is 20.4. The Morgan fingerprint density at radius 3 is 1.37 bits per heavy atom. The van der Waals surface area contributed by atoms with Crippen LogP contribution in [0.5, 0.6) is 0 Å². The average Bonchev–Trinajstić information content (AvgIpc) is 1.57. The van der Waals surface area contributed by atoms with E-state index < -0.39 is 5.41 Å². The zero-order valence-electron chi connectivity index (χ0n) is 47.8. The van der Waals surface area contributed by atoms with Gasteiger partial charge in [-0.1, -0.05) is 244 Å². The van der Waals surface area contributed by atoms with Crippen LogP contribution in [0, 0.1) is 0 Å². The number of hydrogen-bond donors (Lipinski definition) is 0. The molecule has 0 aliphatic heterocycles. The van der Waals surface area contributed by atoms with Gasteiger partial charge < -0.3 is 19.1 Å². The molecule has 0 saturated heterocycles. The van der Waals surface area contributed by atoms with E-state index in [2.05, 4.69) is 350 Å². The zero-order valence-corrected chi connectivity index (χ0v) is 47.8. The number of anilines is 9. The van der Waals surface area contributed by atoms with Gasteiger partial charge in [0, 0.05) is 61.6 Å². The van der Waals surface area contributed by atoms with Crippen LogP contribution >= 0.6 is 0 Å². The number of hydrogen-bond acceptors (Lipinski definition) is 4. The molecule has 2 aliphatic rings. The molecular formula is C82H59N3O. The Kier molecular flexibility index (Phi) is 12.1. The number of para-hydroxylation sites is 4. The molecule has 0 unspecified atom stereocenters. The lowest BCUT2D eigenvalue weighted by Crippen LogP contribution is -2.28. The first-order chi connectivity index (χ1) is 42.4. The molecule has 14 aromatic rings. The molecule has 2 aliphatic carbocycles. The lowest BCUT2D eigenvalue weighted by atomic mass is 9.67. The van der Waals surface area contributed by atoms with Gasteiger partial charge >= 0.3 is 0 Å². The number of furan rings is 1. The Bertz CT molecular complexity index is 4840. The zero-order chi connectivity index (χ0) is 57.3. The fraction of sp³-hybridized carbons (Fsp3) is 0.0488. The van der Waals surface area contributed by atoms with Crippen molar-refractivity contribution in [3.63, 3.8) is 0 Å². The first-order valence-electron chi connectivity index (χ1n) is 29.7. The predicted molar refractivity (Wildman–Crippen MR) is 358 cm³/mol. The standard InChI is InChI=1S/C82H59N3O/c1-81(2)73-44-17-12-39-67(73)70-51-50-65(55-76(70)81)85(78-48-25-43-72-71-42-16-21-49-79(71)86-80(72)78)64-37-24-35-62(54-64)83(61-34-23-36-63(53-61)84(59-31-10-5-11-32-59)77-47-20-15-38-66(77)56-26-6-3-7-27-56)60-33-22-30-58(52-60)82(57-28-8-4-9-29-57)74-45-18-13-40-68(74)69-41-14-19-46-75(69)82/h3-55H,1-2H3. The molecule has 16 rings (SSSR count). The van der Waals surface area contributed by atoms with Crippen LogP contribution in [-0.2, 0) is 10.8 Å². The summed E-state index contributed by atoms with van der Waals surface area (Å²) in [4.78, 5) is 7.26. The Morgan fingerprint density at radius 2 is 0.698 bits per heavy atom. The van der Waals surface area contributed by atoms with E-state index in [0.717, 1.165) is 84.3 Å². The van der Waals surface area contributed by atoms with Gasteiger partial charge in [0.15, 0.2) is 5.58 Å². The molecule has 4 nitrogen and oxygen atoms in total. The molecular weight excluding hydrogens is 1040 g/mol. The molecule has 1 aromatic heterocycles. The van der Waals surface area contributed by atoms with Gasteiger partial charge in [0.05, 0.1) is 16.8 Å². The Hall–Kier alpha value is -10.9. The van der Waals surface area contributed by atoms with Crippen LogP contribution in [0.25, 0.3) is 55.3 Å². The van der Waals surface area contributed by atoms with Crippen LogP contribution in [0.3, 0.4) is 0 Å². The van der Waals surface area contributed by atoms with Crippen molar-refractivity contribution in [2.45, 2.75) is 24.7 Å². The molecule has 4 heteroatoms. The van der Waals surface area contributed by atoms with Crippen LogP contribution in [0.4, 0.5) is 51.2 Å². The minimum absolute atomic E-state index is 0.222. The molecule has 0 spiro atoms. The van der Waals surface area contributed by atoms with Gasteiger partial charge in [-0.2, -0.15) is 0 Å². The van der Waals surface area contributed by atoms with Crippen molar-refractivity contribution in [1.82, 2.24) is 0 Å². The molecule has 0 amide bonds. The molecule has 86 heavy (non-hydrogen) atoms. The average molecular weight is 1100 g/mol. The van der Waals surface area contributed by atoms with Gasteiger partial charge in [0.2, 0.25) is 0 Å². The van der Waals surface area contributed by atoms with Crippen molar-refractivity contribution in [2.24, 2.45) is 0 Å². The summed E-state index contributed by atoms with van der Waals surface area (Å²) in [5.74, 6) is 0. The first-order valence-corrected chi connectivity index (χ1v) is 29.7. The molecule has 0 atom stereocenters. The van der Waals surface area contributed by atoms with Crippen molar-refractivity contribution in [2.75, 3.05) is 14.7 Å². The van der Waals surface area contributed by atoms with Gasteiger partial charge in [-0.25, -0.2) is 0 Å². The molecule has 0 radical (unpaired) electrons. The van der Waals surface area contributed by atoms with Crippen molar-refractivity contribution < 1.29 is 4.42 Å². The summed E-state index contributed by atoms with van der Waals surface area (Å²) in [6.45, 7) is 4.72. The SMILES string of the molecule is CC1(C)c2ccccc2-c2ccc(N(c3cccc(N(c4cccc(N(c5ccccc5)c5ccccc5-c5ccccc5)c4)c4cccc(C5(c6ccccc6)c6ccccc6-c6ccccc65)c4)c3)c3cccc4c3oc3ccccc34)cc21. The summed E-state index contributed by atoms with van der Waals surface area (Å²) >= 11 is 0. The maximum atomic E-state index is 6.95. The summed E-state index contributed by atoms with van der Waals surface area (Å²) < 4.78 is 6.95. The van der Waals surface area contributed by atoms with Gasteiger partial charge in [0.25, 0.3) is 0 Å². The topological polar surface area (TPSA) is 22.9 Å². The lowest BCUT2D eigenvalue weighted by molar-refractivity contribution is 0.660. The molecule has 13 aromatic carbocycles. The normalized spacial score (nSPS) is 13.2. The van der Waals surface area contributed by atoms with Crippen LogP contribution < -0.4 is 14.7 Å². The summed E-state index contributed by atoms with van der Waals surface area (Å²) in [5.41, 5.74) is 25.0. The first kappa shape index (κ1) is 50.8. The molecule has 1 heterocycles. The van der Waals surface area contributed by atoms with Crippen LogP contribution in [-0.4, -0.2) is 0 Å². The number of benzene rings is 13. The molecule has 408 valence electrons. The third-order valence-electron chi connectivity index (χ3n) is 18.1. The van der Waals surface area contributed by atoms with Crippen LogP contribution in [0.15, 0.2) is 326 Å². The van der Waals surface area contributed by atoms with E-state index in [0.29, 0.717) is 0 Å². The van der Waals surface area contributed by atoms with E-state index in [-0.39, 0.29) is 5.41 Å². The smallest absolute Gasteiger partial charge is 0.159 e. The summed E-state index contributed by atoms with van der Waals surface area (Å²) in [6, 6.07) is 118. The summed E-state index contributed by atoms with van der Waals surface area (Å²) in [7, 11) is 0. The van der Waals surface area contributed by atoms with E-state index in [4.69, 9.17) is 4.42 Å². The Morgan fingerprint density at radius 1 is 0.267 bits per heavy atom. The van der Waals surface area contributed by atoms with E-state index in [1.165, 1.54) is 55.6 Å². The van der Waals surface area contributed by atoms with Gasteiger partial charge in [-0.05, 0) is 152 Å². The highest BCUT2D eigenvalue weighted by Gasteiger charge is 2.46. The molecule has 0 bridgehead atoms. The quantitative estimate of drug-likeness (QED) is 0.122. The minimum atomic E-state index is -0.617. The molecule has 0 fully saturated rings. The monoisotopic (exact) mass is 1100 g/mol. The molecule has 0 N–H and O–H groups in total. The largest absolute Gasteiger partial charge is 0.454 e. The summed E-state index contributed by atoms with van der Waals surface area (Å²) in [6.07, 6.45) is 0. The van der Waals surface area contributed by atoms with E-state index >= 15 is 0 Å². The highest BCUT2D eigenvalue weighted by atomic mass is 16.3. The van der Waals surface area contributed by atoms with Crippen molar-refractivity contribution in [3.8, 4) is 33.4 Å². The third-order valence-corrected chi connectivity index (χ3v) is 18.1. The van der Waals surface area contributed by atoms with E-state index in [9.17, 15) is 0 Å². The highest BCUT2D eigenvalue weighted by molar-refractivity contribution is 6.10. The second-order valence-corrected chi connectivity index (χ2v) is 23.2. The fourth-order valence-electron chi connectivity index (χ4n) is 14.3. The lowest BCUT2D eigenvalue weighted by Gasteiger charge is -2.35. The predicted octanol–water partition coefficient (Wildman–Crippen LogP) is 22.3. The Balaban J connectivity index is 0.936. The fourth-order valence-corrected chi connectivity index (χ4v) is 14.3. The maximum absolute atomic E-state index is 6.95. The number of fused-ring (bicyclic) bond motifs is 9. The van der Waals surface area contributed by atoms with Crippen LogP contribution in [0.2, 0.25) is 0 Å². The maximum Gasteiger partial charge on any atom is 0.159 e. The minimum Gasteiger partial charge on any atom is -0.454 e. The number of nitrogens with zero attached hydrogens (tertiary/aromatic N) is 3. The Labute approximate surface area is 502 Å². The van der Waals surface area contributed by atoms with Gasteiger partial charge in [-0.3, -0.25) is 0 Å². The number of rotatable bonds is 12.